The second kappa shape index (κ2) is 9.14. The minimum atomic E-state index is -0.476. The summed E-state index contributed by atoms with van der Waals surface area (Å²) >= 11 is 0. The van der Waals surface area contributed by atoms with E-state index in [9.17, 15) is 10.1 Å². The van der Waals surface area contributed by atoms with Crippen molar-refractivity contribution in [3.05, 3.63) is 104 Å². The highest BCUT2D eigenvalue weighted by atomic mass is 16.5. The van der Waals surface area contributed by atoms with Gasteiger partial charge in [0.1, 0.15) is 17.1 Å². The molecular formula is C29H22N2O3. The number of rotatable bonds is 2. The van der Waals surface area contributed by atoms with E-state index in [0.29, 0.717) is 28.2 Å². The highest BCUT2D eigenvalue weighted by Crippen LogP contribution is 2.34. The van der Waals surface area contributed by atoms with Crippen LogP contribution in [0.2, 0.25) is 0 Å². The Morgan fingerprint density at radius 1 is 1.24 bits per heavy atom. The maximum atomic E-state index is 12.7. The molecular weight excluding hydrogens is 424 g/mol. The summed E-state index contributed by atoms with van der Waals surface area (Å²) in [5.74, 6) is 7.32. The monoisotopic (exact) mass is 446 g/mol. The summed E-state index contributed by atoms with van der Waals surface area (Å²) in [7, 11) is 0. The quantitative estimate of drug-likeness (QED) is 0.228. The zero-order valence-corrected chi connectivity index (χ0v) is 19.2. The van der Waals surface area contributed by atoms with Crippen molar-refractivity contribution in [2.24, 2.45) is 5.41 Å². The van der Waals surface area contributed by atoms with Gasteiger partial charge in [0.05, 0.1) is 18.2 Å². The summed E-state index contributed by atoms with van der Waals surface area (Å²) in [5.41, 5.74) is 2.31. The van der Waals surface area contributed by atoms with E-state index in [1.165, 1.54) is 0 Å². The Morgan fingerprint density at radius 3 is 2.79 bits per heavy atom. The number of fused-ring (bicyclic) bond motifs is 2. The number of hydrogen-bond donors (Lipinski definition) is 0. The fourth-order valence-corrected chi connectivity index (χ4v) is 3.52. The van der Waals surface area contributed by atoms with Gasteiger partial charge in [-0.3, -0.25) is 0 Å². The van der Waals surface area contributed by atoms with Crippen LogP contribution in [0.15, 0.2) is 74.5 Å². The molecule has 0 spiro atoms. The summed E-state index contributed by atoms with van der Waals surface area (Å²) in [6.07, 6.45) is 12.4. The van der Waals surface area contributed by atoms with E-state index in [1.54, 1.807) is 36.4 Å². The molecule has 4 rings (SSSR count). The van der Waals surface area contributed by atoms with Crippen molar-refractivity contribution in [1.82, 2.24) is 0 Å². The van der Waals surface area contributed by atoms with Crippen LogP contribution in [0.3, 0.4) is 0 Å². The molecule has 2 heterocycles. The molecule has 0 saturated heterocycles. The van der Waals surface area contributed by atoms with Crippen LogP contribution in [0.4, 0.5) is 0 Å². The van der Waals surface area contributed by atoms with Crippen molar-refractivity contribution in [3.63, 3.8) is 0 Å². The van der Waals surface area contributed by atoms with Crippen molar-refractivity contribution >= 4 is 23.1 Å². The summed E-state index contributed by atoms with van der Waals surface area (Å²) in [5, 5.41) is 10.1. The van der Waals surface area contributed by atoms with Crippen LogP contribution < -0.4 is 5.63 Å². The van der Waals surface area contributed by atoms with Crippen LogP contribution in [0, 0.1) is 35.2 Å². The van der Waals surface area contributed by atoms with Gasteiger partial charge in [0.2, 0.25) is 0 Å². The molecule has 0 N–H and O–H groups in total. The molecule has 1 aliphatic carbocycles. The highest BCUT2D eigenvalue weighted by Gasteiger charge is 2.24. The van der Waals surface area contributed by atoms with E-state index in [4.69, 9.17) is 15.7 Å². The first-order valence-electron chi connectivity index (χ1n) is 10.9. The molecule has 0 atom stereocenters. The lowest BCUT2D eigenvalue weighted by molar-refractivity contribution is 0.223. The lowest BCUT2D eigenvalue weighted by atomic mass is 9.91. The summed E-state index contributed by atoms with van der Waals surface area (Å²) in [4.78, 5) is 16.0. The first-order valence-corrected chi connectivity index (χ1v) is 10.9. The van der Waals surface area contributed by atoms with Gasteiger partial charge in [-0.25, -0.2) is 14.9 Å². The summed E-state index contributed by atoms with van der Waals surface area (Å²) in [6, 6.07) is 7.48. The van der Waals surface area contributed by atoms with Crippen molar-refractivity contribution in [3.8, 4) is 17.9 Å². The van der Waals surface area contributed by atoms with E-state index in [2.05, 4.69) is 22.8 Å². The minimum absolute atomic E-state index is 0.0196. The number of nitriles is 1. The van der Waals surface area contributed by atoms with Crippen molar-refractivity contribution in [2.75, 3.05) is 0 Å². The molecule has 166 valence electrons. The first kappa shape index (κ1) is 22.7. The number of benzene rings is 1. The van der Waals surface area contributed by atoms with E-state index < -0.39 is 5.63 Å². The maximum Gasteiger partial charge on any atom is 0.343 e. The number of nitrogens with zero attached hydrogens (tertiary/aromatic N) is 2. The fraction of sp³-hybridized carbons (Fsp3) is 0.207. The SMILES string of the molecule is [C-]#[N+]/C(C#N)=C1C=C(/C=C/c2cc3cc4c(cc3oc2=O)C#CCC/C=C\4)OC(C(C)(C)C)=C/1. The van der Waals surface area contributed by atoms with Crippen LogP contribution in [-0.4, -0.2) is 0 Å². The van der Waals surface area contributed by atoms with Gasteiger partial charge in [0, 0.05) is 22.8 Å². The molecule has 0 saturated carbocycles. The van der Waals surface area contributed by atoms with E-state index in [0.717, 1.165) is 29.4 Å². The normalized spacial score (nSPS) is 17.6. The predicted octanol–water partition coefficient (Wildman–Crippen LogP) is 6.51. The molecule has 0 bridgehead atoms. The first-order chi connectivity index (χ1) is 16.3. The molecule has 0 amide bonds. The number of hydrogen-bond acceptors (Lipinski definition) is 4. The van der Waals surface area contributed by atoms with Gasteiger partial charge < -0.3 is 9.15 Å². The van der Waals surface area contributed by atoms with Crippen LogP contribution in [-0.2, 0) is 4.74 Å². The lowest BCUT2D eigenvalue weighted by Gasteiger charge is -2.26. The standard InChI is InChI=1S/C29H22N2O3/c1-29(2,3)27-17-22(25(18-30)31-4)15-24(33-27)12-11-21-14-23-13-19-9-7-5-6-8-10-20(19)16-26(23)34-28(21)32/h7,9,11-17H,5-6H2,1-3H3/b9-7-,12-11+,25-22-. The Kier molecular flexibility index (Phi) is 6.09. The van der Waals surface area contributed by atoms with Gasteiger partial charge in [-0.15, -0.1) is 0 Å². The van der Waals surface area contributed by atoms with E-state index >= 15 is 0 Å². The predicted molar refractivity (Wildman–Crippen MR) is 133 cm³/mol. The molecule has 5 nitrogen and oxygen atoms in total. The topological polar surface area (TPSA) is 67.6 Å². The molecule has 2 aromatic rings. The van der Waals surface area contributed by atoms with Gasteiger partial charge in [-0.2, -0.15) is 0 Å². The third-order valence-corrected chi connectivity index (χ3v) is 5.36. The number of allylic oxidation sites excluding steroid dienone is 7. The second-order valence-corrected chi connectivity index (χ2v) is 8.98. The molecule has 0 unspecified atom stereocenters. The van der Waals surface area contributed by atoms with Gasteiger partial charge in [0.15, 0.2) is 0 Å². The Morgan fingerprint density at radius 2 is 2.06 bits per heavy atom. The van der Waals surface area contributed by atoms with Crippen LogP contribution in [0.1, 0.15) is 50.3 Å². The van der Waals surface area contributed by atoms with Gasteiger partial charge in [-0.05, 0) is 60.1 Å². The Bertz CT molecular complexity index is 1530. The van der Waals surface area contributed by atoms with Gasteiger partial charge >= 0.3 is 5.63 Å². The molecule has 2 aliphatic rings. The van der Waals surface area contributed by atoms with Crippen molar-refractivity contribution in [1.29, 1.82) is 5.26 Å². The Labute approximate surface area is 198 Å². The van der Waals surface area contributed by atoms with E-state index in [1.807, 2.05) is 39.0 Å². The molecule has 0 radical (unpaired) electrons. The van der Waals surface area contributed by atoms with Crippen molar-refractivity contribution < 1.29 is 9.15 Å². The fourth-order valence-electron chi connectivity index (χ4n) is 3.52. The summed E-state index contributed by atoms with van der Waals surface area (Å²) < 4.78 is 11.6. The average molecular weight is 447 g/mol. The van der Waals surface area contributed by atoms with Gasteiger partial charge in [0.25, 0.3) is 5.70 Å². The average Bonchev–Trinajstić information content (AvgIpc) is 2.78. The highest BCUT2D eigenvalue weighted by molar-refractivity contribution is 5.84. The third-order valence-electron chi connectivity index (χ3n) is 5.36. The van der Waals surface area contributed by atoms with Gasteiger partial charge in [-0.1, -0.05) is 44.8 Å². The zero-order chi connectivity index (χ0) is 24.3. The minimum Gasteiger partial charge on any atom is -0.461 e. The van der Waals surface area contributed by atoms with Crippen molar-refractivity contribution in [2.45, 2.75) is 33.6 Å². The molecule has 34 heavy (non-hydrogen) atoms. The van der Waals surface area contributed by atoms with Crippen LogP contribution in [0.25, 0.3) is 28.0 Å². The van der Waals surface area contributed by atoms with Crippen LogP contribution >= 0.6 is 0 Å². The molecule has 1 aromatic carbocycles. The summed E-state index contributed by atoms with van der Waals surface area (Å²) in [6.45, 7) is 13.2. The number of ether oxygens (including phenoxy) is 1. The van der Waals surface area contributed by atoms with Crippen LogP contribution in [0.5, 0.6) is 0 Å². The second-order valence-electron chi connectivity index (χ2n) is 8.98. The smallest absolute Gasteiger partial charge is 0.343 e. The molecule has 0 fully saturated rings. The largest absolute Gasteiger partial charge is 0.461 e. The Balaban J connectivity index is 1.75. The lowest BCUT2D eigenvalue weighted by Crippen LogP contribution is -2.15. The Hall–Kier alpha value is -4.53. The zero-order valence-electron chi connectivity index (χ0n) is 19.2. The molecule has 5 heteroatoms. The maximum absolute atomic E-state index is 12.7. The molecule has 1 aliphatic heterocycles. The third kappa shape index (κ3) is 4.78. The van der Waals surface area contributed by atoms with E-state index in [-0.39, 0.29) is 11.1 Å². The molecule has 1 aromatic heterocycles.